The smallest absolute Gasteiger partial charge is 0.261 e. The summed E-state index contributed by atoms with van der Waals surface area (Å²) in [5, 5.41) is 2.96. The zero-order valence-electron chi connectivity index (χ0n) is 17.6. The van der Waals surface area contributed by atoms with Crippen molar-refractivity contribution in [1.29, 1.82) is 0 Å². The Hall–Kier alpha value is -3.22. The van der Waals surface area contributed by atoms with Crippen LogP contribution in [0, 0.1) is 6.92 Å². The fourth-order valence-electron chi connectivity index (χ4n) is 3.94. The summed E-state index contributed by atoms with van der Waals surface area (Å²) in [7, 11) is 0. The van der Waals surface area contributed by atoms with Gasteiger partial charge in [-0.05, 0) is 36.2 Å². The van der Waals surface area contributed by atoms with Gasteiger partial charge in [-0.15, -0.1) is 0 Å². The van der Waals surface area contributed by atoms with E-state index < -0.39 is 0 Å². The van der Waals surface area contributed by atoms with Gasteiger partial charge in [0.15, 0.2) is 0 Å². The summed E-state index contributed by atoms with van der Waals surface area (Å²) in [5.74, 6) is -0.369. The number of nitrogens with zero attached hydrogens (tertiary/aromatic N) is 1. The number of carbonyl (C=O) groups is 1. The molecule has 6 heteroatoms. The summed E-state index contributed by atoms with van der Waals surface area (Å²) in [4.78, 5) is 30.6. The molecule has 2 aromatic carbocycles. The molecular weight excluding hydrogens is 390 g/mol. The molecular formula is C25H27N3O3. The van der Waals surface area contributed by atoms with Crippen LogP contribution >= 0.6 is 0 Å². The van der Waals surface area contributed by atoms with Gasteiger partial charge in [0.25, 0.3) is 11.5 Å². The molecule has 160 valence electrons. The molecule has 0 saturated carbocycles. The number of morpholine rings is 1. The minimum Gasteiger partial charge on any atom is -0.379 e. The summed E-state index contributed by atoms with van der Waals surface area (Å²) < 4.78 is 5.48. The summed E-state index contributed by atoms with van der Waals surface area (Å²) >= 11 is 0. The van der Waals surface area contributed by atoms with Crippen LogP contribution in [0.1, 0.15) is 27.5 Å². The highest BCUT2D eigenvalue weighted by molar-refractivity contribution is 5.94. The second-order valence-corrected chi connectivity index (χ2v) is 7.77. The van der Waals surface area contributed by atoms with Crippen molar-refractivity contribution in [2.75, 3.05) is 32.8 Å². The Morgan fingerprint density at radius 3 is 2.55 bits per heavy atom. The Labute approximate surface area is 181 Å². The standard InChI is InChI=1S/C25H27N3O3/c1-18-6-5-9-20(16-18)22-11-10-21(25(30)27-22)24(29)26-17-23(19-7-3-2-4-8-19)28-12-14-31-15-13-28/h2-11,16,23H,12-15,17H2,1H3,(H,26,29)(H,27,30). The maximum atomic E-state index is 12.8. The fourth-order valence-corrected chi connectivity index (χ4v) is 3.94. The maximum Gasteiger partial charge on any atom is 0.261 e. The average Bonchev–Trinajstić information content (AvgIpc) is 2.80. The highest BCUT2D eigenvalue weighted by atomic mass is 16.5. The van der Waals surface area contributed by atoms with Crippen molar-refractivity contribution >= 4 is 5.91 Å². The largest absolute Gasteiger partial charge is 0.379 e. The summed E-state index contributed by atoms with van der Waals surface area (Å²) in [6.07, 6.45) is 0. The van der Waals surface area contributed by atoms with Crippen molar-refractivity contribution in [2.24, 2.45) is 0 Å². The average molecular weight is 418 g/mol. The normalized spacial score (nSPS) is 15.4. The SMILES string of the molecule is Cc1cccc(-c2ccc(C(=O)NCC(c3ccccc3)N3CCOCC3)c(=O)[nH]2)c1. The van der Waals surface area contributed by atoms with E-state index in [2.05, 4.69) is 27.3 Å². The van der Waals surface area contributed by atoms with Gasteiger partial charge in [-0.25, -0.2) is 0 Å². The van der Waals surface area contributed by atoms with Gasteiger partial charge < -0.3 is 15.0 Å². The third kappa shape index (κ3) is 5.10. The first kappa shape index (κ1) is 21.0. The van der Waals surface area contributed by atoms with Crippen LogP contribution in [0.5, 0.6) is 0 Å². The zero-order valence-corrected chi connectivity index (χ0v) is 17.6. The number of aryl methyl sites for hydroxylation is 1. The maximum absolute atomic E-state index is 12.8. The number of hydrogen-bond donors (Lipinski definition) is 2. The van der Waals surface area contributed by atoms with Gasteiger partial charge in [-0.1, -0.05) is 54.1 Å². The Morgan fingerprint density at radius 2 is 1.84 bits per heavy atom. The van der Waals surface area contributed by atoms with Crippen LogP contribution in [0.2, 0.25) is 0 Å². The molecule has 1 amide bonds. The van der Waals surface area contributed by atoms with E-state index in [9.17, 15) is 9.59 Å². The third-order valence-corrected chi connectivity index (χ3v) is 5.61. The Bertz CT molecular complexity index is 1090. The lowest BCUT2D eigenvalue weighted by atomic mass is 10.0. The van der Waals surface area contributed by atoms with E-state index in [0.29, 0.717) is 25.5 Å². The first-order valence-corrected chi connectivity index (χ1v) is 10.6. The van der Waals surface area contributed by atoms with Crippen LogP contribution in [0.15, 0.2) is 71.5 Å². The number of nitrogens with one attached hydrogen (secondary N) is 2. The Morgan fingerprint density at radius 1 is 1.06 bits per heavy atom. The van der Waals surface area contributed by atoms with Crippen LogP contribution in [0.4, 0.5) is 0 Å². The Kier molecular flexibility index (Phi) is 6.60. The summed E-state index contributed by atoms with van der Waals surface area (Å²) in [6, 6.07) is 21.4. The van der Waals surface area contributed by atoms with Gasteiger partial charge in [0.05, 0.1) is 19.3 Å². The molecule has 0 radical (unpaired) electrons. The van der Waals surface area contributed by atoms with Gasteiger partial charge in [0, 0.05) is 25.3 Å². The predicted octanol–water partition coefficient (Wildman–Crippen LogP) is 3.15. The van der Waals surface area contributed by atoms with E-state index in [4.69, 9.17) is 4.74 Å². The van der Waals surface area contributed by atoms with Crippen LogP contribution < -0.4 is 10.9 Å². The highest BCUT2D eigenvalue weighted by Gasteiger charge is 2.23. The van der Waals surface area contributed by atoms with E-state index in [0.717, 1.165) is 29.8 Å². The number of hydrogen-bond acceptors (Lipinski definition) is 4. The molecule has 2 N–H and O–H groups in total. The second-order valence-electron chi connectivity index (χ2n) is 7.77. The highest BCUT2D eigenvalue weighted by Crippen LogP contribution is 2.21. The van der Waals surface area contributed by atoms with E-state index in [1.54, 1.807) is 12.1 Å². The first-order chi connectivity index (χ1) is 15.1. The molecule has 1 aliphatic rings. The van der Waals surface area contributed by atoms with Crippen molar-refractivity contribution in [2.45, 2.75) is 13.0 Å². The number of benzene rings is 2. The number of aromatic nitrogens is 1. The molecule has 1 saturated heterocycles. The van der Waals surface area contributed by atoms with Gasteiger partial charge in [0.1, 0.15) is 5.56 Å². The number of carbonyl (C=O) groups excluding carboxylic acids is 1. The van der Waals surface area contributed by atoms with Gasteiger partial charge >= 0.3 is 0 Å². The number of ether oxygens (including phenoxy) is 1. The van der Waals surface area contributed by atoms with Gasteiger partial charge in [-0.2, -0.15) is 0 Å². The molecule has 1 fully saturated rings. The number of aromatic amines is 1. The molecule has 1 aliphatic heterocycles. The minimum absolute atomic E-state index is 0.0275. The quantitative estimate of drug-likeness (QED) is 0.646. The minimum atomic E-state index is -0.390. The summed E-state index contributed by atoms with van der Waals surface area (Å²) in [5.41, 5.74) is 3.58. The van der Waals surface area contributed by atoms with Crippen LogP contribution in [0.3, 0.4) is 0 Å². The molecule has 4 rings (SSSR count). The lowest BCUT2D eigenvalue weighted by Crippen LogP contribution is -2.44. The van der Waals surface area contributed by atoms with E-state index in [1.165, 1.54) is 0 Å². The molecule has 1 unspecified atom stereocenters. The molecule has 0 spiro atoms. The zero-order chi connectivity index (χ0) is 21.6. The molecule has 0 aliphatic carbocycles. The predicted molar refractivity (Wildman–Crippen MR) is 121 cm³/mol. The van der Waals surface area contributed by atoms with E-state index >= 15 is 0 Å². The fraction of sp³-hybridized carbons (Fsp3) is 0.280. The molecule has 3 aromatic rings. The molecule has 1 aromatic heterocycles. The van der Waals surface area contributed by atoms with Gasteiger partial charge in [0.2, 0.25) is 0 Å². The third-order valence-electron chi connectivity index (χ3n) is 5.61. The van der Waals surface area contributed by atoms with Crippen molar-refractivity contribution in [3.8, 4) is 11.3 Å². The summed E-state index contributed by atoms with van der Waals surface area (Å²) in [6.45, 7) is 5.39. The van der Waals surface area contributed by atoms with Crippen molar-refractivity contribution in [1.82, 2.24) is 15.2 Å². The first-order valence-electron chi connectivity index (χ1n) is 10.6. The number of amides is 1. The van der Waals surface area contributed by atoms with Crippen LogP contribution in [0.25, 0.3) is 11.3 Å². The molecule has 2 heterocycles. The second kappa shape index (κ2) is 9.73. The van der Waals surface area contributed by atoms with E-state index in [1.807, 2.05) is 49.4 Å². The Balaban J connectivity index is 1.49. The van der Waals surface area contributed by atoms with Crippen molar-refractivity contribution in [3.63, 3.8) is 0 Å². The molecule has 31 heavy (non-hydrogen) atoms. The van der Waals surface area contributed by atoms with Crippen LogP contribution in [-0.4, -0.2) is 48.6 Å². The number of pyridine rings is 1. The van der Waals surface area contributed by atoms with E-state index in [-0.39, 0.29) is 23.1 Å². The topological polar surface area (TPSA) is 74.4 Å². The van der Waals surface area contributed by atoms with Crippen molar-refractivity contribution < 1.29 is 9.53 Å². The molecule has 0 bridgehead atoms. The lowest BCUT2D eigenvalue weighted by Gasteiger charge is -2.34. The molecule has 1 atom stereocenters. The lowest BCUT2D eigenvalue weighted by molar-refractivity contribution is 0.0162. The van der Waals surface area contributed by atoms with Gasteiger partial charge in [-0.3, -0.25) is 14.5 Å². The van der Waals surface area contributed by atoms with Crippen molar-refractivity contribution in [3.05, 3.63) is 93.8 Å². The monoisotopic (exact) mass is 417 g/mol. The number of rotatable bonds is 6. The molecule has 6 nitrogen and oxygen atoms in total. The number of H-pyrrole nitrogens is 1. The van der Waals surface area contributed by atoms with Crippen LogP contribution in [-0.2, 0) is 4.74 Å².